The molecule has 0 saturated carbocycles. The van der Waals surface area contributed by atoms with Crippen LogP contribution in [0, 0.1) is 0 Å². The van der Waals surface area contributed by atoms with Gasteiger partial charge in [0, 0.05) is 19.0 Å². The van der Waals surface area contributed by atoms with Gasteiger partial charge in [0.05, 0.1) is 30.5 Å². The van der Waals surface area contributed by atoms with Crippen LogP contribution in [0.2, 0.25) is 0 Å². The number of imidazole rings is 1. The Hall–Kier alpha value is -2.06. The van der Waals surface area contributed by atoms with Gasteiger partial charge >= 0.3 is 5.97 Å². The fourth-order valence-corrected chi connectivity index (χ4v) is 1.62. The number of nitrogens with one attached hydrogen (secondary N) is 1. The number of ketones is 2. The van der Waals surface area contributed by atoms with E-state index in [0.29, 0.717) is 5.69 Å². The van der Waals surface area contributed by atoms with Gasteiger partial charge in [0.25, 0.3) is 0 Å². The van der Waals surface area contributed by atoms with Crippen molar-refractivity contribution in [2.75, 3.05) is 0 Å². The van der Waals surface area contributed by atoms with Gasteiger partial charge in [-0.05, 0) is 6.42 Å². The first kappa shape index (κ1) is 16.0. The van der Waals surface area contributed by atoms with Gasteiger partial charge in [-0.2, -0.15) is 0 Å². The van der Waals surface area contributed by atoms with E-state index in [-0.39, 0.29) is 25.7 Å². The van der Waals surface area contributed by atoms with Gasteiger partial charge in [0.1, 0.15) is 0 Å². The van der Waals surface area contributed by atoms with E-state index in [9.17, 15) is 14.4 Å². The average Bonchev–Trinajstić information content (AvgIpc) is 2.88. The van der Waals surface area contributed by atoms with Crippen LogP contribution in [0.3, 0.4) is 0 Å². The Morgan fingerprint density at radius 3 is 2.45 bits per heavy atom. The molecule has 0 aliphatic carbocycles. The van der Waals surface area contributed by atoms with Crippen molar-refractivity contribution in [3.05, 3.63) is 18.2 Å². The van der Waals surface area contributed by atoms with E-state index in [0.717, 1.165) is 0 Å². The number of rotatable bonds is 9. The van der Waals surface area contributed by atoms with Gasteiger partial charge in [-0.15, -0.1) is 0 Å². The molecular weight excluding hydrogens is 264 g/mol. The first-order valence-corrected chi connectivity index (χ1v) is 6.16. The minimum absolute atomic E-state index is 0.00997. The van der Waals surface area contributed by atoms with Gasteiger partial charge in [0.2, 0.25) is 0 Å². The summed E-state index contributed by atoms with van der Waals surface area (Å²) >= 11 is 0. The third kappa shape index (κ3) is 5.29. The maximum atomic E-state index is 11.8. The SMILES string of the molecule is N[C@@H](CCC(=O)O)C(=O)CC(=O)[C@@H](N)Cc1c[nH]cn1. The van der Waals surface area contributed by atoms with Crippen molar-refractivity contribution >= 4 is 17.5 Å². The Kier molecular flexibility index (Phi) is 6.01. The van der Waals surface area contributed by atoms with E-state index in [1.807, 2.05) is 0 Å². The topological polar surface area (TPSA) is 152 Å². The number of nitrogens with two attached hydrogens (primary N) is 2. The average molecular weight is 282 g/mol. The lowest BCUT2D eigenvalue weighted by atomic mass is 9.98. The minimum Gasteiger partial charge on any atom is -0.481 e. The number of H-pyrrole nitrogens is 1. The number of aromatic amines is 1. The highest BCUT2D eigenvalue weighted by molar-refractivity contribution is 6.03. The van der Waals surface area contributed by atoms with Crippen LogP contribution >= 0.6 is 0 Å². The first-order valence-electron chi connectivity index (χ1n) is 6.16. The Labute approximate surface area is 115 Å². The van der Waals surface area contributed by atoms with Gasteiger partial charge < -0.3 is 21.6 Å². The largest absolute Gasteiger partial charge is 0.481 e. The number of aliphatic carboxylic acids is 1. The summed E-state index contributed by atoms with van der Waals surface area (Å²) in [4.78, 5) is 40.5. The molecule has 0 saturated heterocycles. The van der Waals surface area contributed by atoms with Gasteiger partial charge in [-0.1, -0.05) is 0 Å². The maximum Gasteiger partial charge on any atom is 0.303 e. The number of hydrogen-bond donors (Lipinski definition) is 4. The molecule has 0 radical (unpaired) electrons. The standard InChI is InChI=1S/C12H18N4O4/c13-8(1-2-12(19)20)10(17)4-11(18)9(14)3-7-5-15-6-16-7/h5-6,8-9H,1-4,13-14H2,(H,15,16)(H,19,20)/t8-,9-/m0/s1. The zero-order valence-corrected chi connectivity index (χ0v) is 10.9. The number of carboxylic acid groups (broad SMARTS) is 1. The molecule has 1 heterocycles. The van der Waals surface area contributed by atoms with E-state index in [1.165, 1.54) is 6.33 Å². The fraction of sp³-hybridized carbons (Fsp3) is 0.500. The van der Waals surface area contributed by atoms with Crippen LogP contribution in [0.5, 0.6) is 0 Å². The predicted molar refractivity (Wildman–Crippen MR) is 69.7 cm³/mol. The van der Waals surface area contributed by atoms with Crippen molar-refractivity contribution in [3.8, 4) is 0 Å². The smallest absolute Gasteiger partial charge is 0.303 e. The molecular formula is C12H18N4O4. The monoisotopic (exact) mass is 282 g/mol. The molecule has 1 aromatic rings. The van der Waals surface area contributed by atoms with Gasteiger partial charge in [-0.25, -0.2) is 4.98 Å². The summed E-state index contributed by atoms with van der Waals surface area (Å²) in [6.45, 7) is 0. The lowest BCUT2D eigenvalue weighted by molar-refractivity contribution is -0.137. The lowest BCUT2D eigenvalue weighted by Gasteiger charge is -2.11. The van der Waals surface area contributed by atoms with E-state index >= 15 is 0 Å². The zero-order valence-electron chi connectivity index (χ0n) is 10.9. The van der Waals surface area contributed by atoms with Gasteiger partial charge in [-0.3, -0.25) is 14.4 Å². The third-order valence-corrected chi connectivity index (χ3v) is 2.83. The molecule has 1 aromatic heterocycles. The number of hydrogen-bond acceptors (Lipinski definition) is 6. The normalized spacial score (nSPS) is 13.7. The second kappa shape index (κ2) is 7.51. The van der Waals surface area contributed by atoms with Crippen LogP contribution in [-0.4, -0.2) is 44.7 Å². The highest BCUT2D eigenvalue weighted by Crippen LogP contribution is 2.04. The van der Waals surface area contributed by atoms with Crippen molar-refractivity contribution in [1.29, 1.82) is 0 Å². The van der Waals surface area contributed by atoms with E-state index in [4.69, 9.17) is 16.6 Å². The van der Waals surface area contributed by atoms with Gasteiger partial charge in [0.15, 0.2) is 11.6 Å². The van der Waals surface area contributed by atoms with Crippen molar-refractivity contribution in [2.45, 2.75) is 37.8 Å². The van der Waals surface area contributed by atoms with Crippen LogP contribution in [0.4, 0.5) is 0 Å². The summed E-state index contributed by atoms with van der Waals surface area (Å²) in [5, 5.41) is 8.49. The van der Waals surface area contributed by atoms with E-state index in [2.05, 4.69) is 9.97 Å². The summed E-state index contributed by atoms with van der Waals surface area (Å²) in [6.07, 6.45) is 2.75. The molecule has 0 aromatic carbocycles. The molecule has 0 amide bonds. The molecule has 2 atom stereocenters. The molecule has 110 valence electrons. The maximum absolute atomic E-state index is 11.8. The van der Waals surface area contributed by atoms with Crippen LogP contribution in [0.25, 0.3) is 0 Å². The summed E-state index contributed by atoms with van der Waals surface area (Å²) in [5.41, 5.74) is 11.8. The molecule has 8 nitrogen and oxygen atoms in total. The second-order valence-corrected chi connectivity index (χ2v) is 4.52. The number of carbonyl (C=O) groups excluding carboxylic acids is 2. The van der Waals surface area contributed by atoms with E-state index < -0.39 is 29.6 Å². The minimum atomic E-state index is -1.03. The molecule has 0 aliphatic heterocycles. The first-order chi connectivity index (χ1) is 9.40. The van der Waals surface area contributed by atoms with Crippen molar-refractivity contribution in [1.82, 2.24) is 9.97 Å². The van der Waals surface area contributed by atoms with Crippen LogP contribution in [-0.2, 0) is 20.8 Å². The number of aromatic nitrogens is 2. The Morgan fingerprint density at radius 2 is 1.90 bits per heavy atom. The van der Waals surface area contributed by atoms with Crippen LogP contribution in [0.15, 0.2) is 12.5 Å². The molecule has 0 bridgehead atoms. The molecule has 20 heavy (non-hydrogen) atoms. The summed E-state index contributed by atoms with van der Waals surface area (Å²) in [5.74, 6) is -1.95. The molecule has 8 heteroatoms. The lowest BCUT2D eigenvalue weighted by Crippen LogP contribution is -2.38. The number of carboxylic acids is 1. The second-order valence-electron chi connectivity index (χ2n) is 4.52. The number of nitrogens with zero attached hydrogens (tertiary/aromatic N) is 1. The molecule has 1 rings (SSSR count). The summed E-state index contributed by atoms with van der Waals surface area (Å²) in [7, 11) is 0. The zero-order chi connectivity index (χ0) is 15.1. The molecule has 6 N–H and O–H groups in total. The molecule has 0 fully saturated rings. The number of carbonyl (C=O) groups is 3. The van der Waals surface area contributed by atoms with Crippen molar-refractivity contribution < 1.29 is 19.5 Å². The Morgan fingerprint density at radius 1 is 1.25 bits per heavy atom. The molecule has 0 unspecified atom stereocenters. The molecule has 0 spiro atoms. The van der Waals surface area contributed by atoms with Crippen molar-refractivity contribution in [3.63, 3.8) is 0 Å². The summed E-state index contributed by atoms with van der Waals surface area (Å²) < 4.78 is 0. The number of Topliss-reactive ketones (excluding diaryl/α,β-unsaturated/α-hetero) is 2. The third-order valence-electron chi connectivity index (χ3n) is 2.83. The molecule has 0 aliphatic rings. The highest BCUT2D eigenvalue weighted by Gasteiger charge is 2.22. The fourth-order valence-electron chi connectivity index (χ4n) is 1.62. The van der Waals surface area contributed by atoms with Crippen LogP contribution < -0.4 is 11.5 Å². The van der Waals surface area contributed by atoms with Crippen LogP contribution in [0.1, 0.15) is 25.0 Å². The summed E-state index contributed by atoms with van der Waals surface area (Å²) in [6, 6.07) is -1.78. The van der Waals surface area contributed by atoms with Crippen molar-refractivity contribution in [2.24, 2.45) is 11.5 Å². The highest BCUT2D eigenvalue weighted by atomic mass is 16.4. The Balaban J connectivity index is 2.40. The predicted octanol–water partition coefficient (Wildman–Crippen LogP) is -1.00. The van der Waals surface area contributed by atoms with E-state index in [1.54, 1.807) is 6.20 Å². The Bertz CT molecular complexity index is 472. The quantitative estimate of drug-likeness (QED) is 0.424.